The fraction of sp³-hybridized carbons (Fsp3) is 0. The van der Waals surface area contributed by atoms with Crippen molar-refractivity contribution in [2.45, 2.75) is 0 Å². The largest absolute Gasteiger partial charge is 0.277 e. The predicted octanol–water partition coefficient (Wildman–Crippen LogP) is 0.828. The number of rotatable bonds is 3. The van der Waals surface area contributed by atoms with Crippen LogP contribution in [-0.2, 0) is 4.79 Å². The first kappa shape index (κ1) is 6.95. The molecular formula is C6H6N2OS. The van der Waals surface area contributed by atoms with Crippen molar-refractivity contribution in [2.24, 2.45) is 5.10 Å². The Morgan fingerprint density at radius 1 is 1.70 bits per heavy atom. The minimum Gasteiger partial charge on any atom is -0.277 e. The topological polar surface area (TPSA) is 41.5 Å². The van der Waals surface area contributed by atoms with Crippen molar-refractivity contribution >= 4 is 24.0 Å². The molecule has 1 N–H and O–H groups in total. The third-order valence-electron chi connectivity index (χ3n) is 0.884. The van der Waals surface area contributed by atoms with Crippen molar-refractivity contribution < 1.29 is 4.79 Å². The SMILES string of the molecule is O=CN/N=C\c1ccsc1. The number of carbonyl (C=O) groups excluding carboxylic acids is 1. The molecule has 1 aromatic rings. The van der Waals surface area contributed by atoms with E-state index in [2.05, 4.69) is 10.5 Å². The van der Waals surface area contributed by atoms with Crippen LogP contribution in [0.3, 0.4) is 0 Å². The summed E-state index contributed by atoms with van der Waals surface area (Å²) in [5.41, 5.74) is 3.18. The van der Waals surface area contributed by atoms with Gasteiger partial charge < -0.3 is 0 Å². The van der Waals surface area contributed by atoms with E-state index in [-0.39, 0.29) is 0 Å². The fourth-order valence-electron chi connectivity index (χ4n) is 0.491. The predicted molar refractivity (Wildman–Crippen MR) is 41.1 cm³/mol. The summed E-state index contributed by atoms with van der Waals surface area (Å²) in [7, 11) is 0. The van der Waals surface area contributed by atoms with E-state index in [4.69, 9.17) is 0 Å². The molecule has 3 nitrogen and oxygen atoms in total. The zero-order chi connectivity index (χ0) is 7.23. The van der Waals surface area contributed by atoms with E-state index in [1.807, 2.05) is 16.8 Å². The quantitative estimate of drug-likeness (QED) is 0.391. The van der Waals surface area contributed by atoms with Crippen molar-refractivity contribution in [1.29, 1.82) is 0 Å². The van der Waals surface area contributed by atoms with Gasteiger partial charge in [-0.2, -0.15) is 16.4 Å². The Balaban J connectivity index is 2.47. The first-order valence-corrected chi connectivity index (χ1v) is 3.62. The van der Waals surface area contributed by atoms with Crippen molar-refractivity contribution in [2.75, 3.05) is 0 Å². The minimum absolute atomic E-state index is 0.531. The molecule has 0 bridgehead atoms. The Hall–Kier alpha value is -1.16. The second kappa shape index (κ2) is 3.79. The molecule has 52 valence electrons. The summed E-state index contributed by atoms with van der Waals surface area (Å²) in [6.45, 7) is 0. The van der Waals surface area contributed by atoms with E-state index in [9.17, 15) is 4.79 Å². The van der Waals surface area contributed by atoms with Crippen LogP contribution in [-0.4, -0.2) is 12.6 Å². The minimum atomic E-state index is 0.531. The number of hydrazone groups is 1. The third kappa shape index (κ3) is 1.99. The van der Waals surface area contributed by atoms with Crippen molar-refractivity contribution in [3.05, 3.63) is 22.4 Å². The van der Waals surface area contributed by atoms with Crippen LogP contribution in [0.4, 0.5) is 0 Å². The van der Waals surface area contributed by atoms with Crippen LogP contribution in [0.5, 0.6) is 0 Å². The number of hydrogen-bond acceptors (Lipinski definition) is 3. The highest BCUT2D eigenvalue weighted by atomic mass is 32.1. The van der Waals surface area contributed by atoms with E-state index >= 15 is 0 Å². The number of nitrogens with zero attached hydrogens (tertiary/aromatic N) is 1. The first-order valence-electron chi connectivity index (χ1n) is 2.68. The molecule has 1 amide bonds. The van der Waals surface area contributed by atoms with Crippen LogP contribution in [0.2, 0.25) is 0 Å². The molecule has 4 heteroatoms. The zero-order valence-corrected chi connectivity index (χ0v) is 5.97. The van der Waals surface area contributed by atoms with E-state index in [1.165, 1.54) is 0 Å². The van der Waals surface area contributed by atoms with Gasteiger partial charge in [-0.15, -0.1) is 0 Å². The van der Waals surface area contributed by atoms with E-state index in [0.29, 0.717) is 6.41 Å². The number of thiophene rings is 1. The smallest absolute Gasteiger partial charge is 0.227 e. The summed E-state index contributed by atoms with van der Waals surface area (Å²) in [5.74, 6) is 0. The molecule has 1 aromatic heterocycles. The molecule has 0 aromatic carbocycles. The zero-order valence-electron chi connectivity index (χ0n) is 5.15. The van der Waals surface area contributed by atoms with E-state index < -0.39 is 0 Å². The van der Waals surface area contributed by atoms with Gasteiger partial charge in [-0.1, -0.05) is 0 Å². The maximum atomic E-state index is 9.71. The Labute approximate surface area is 62.4 Å². The van der Waals surface area contributed by atoms with Crippen molar-refractivity contribution in [3.63, 3.8) is 0 Å². The Kier molecular flexibility index (Phi) is 2.63. The fourth-order valence-corrected chi connectivity index (χ4v) is 1.10. The molecule has 0 saturated carbocycles. The molecule has 10 heavy (non-hydrogen) atoms. The highest BCUT2D eigenvalue weighted by molar-refractivity contribution is 7.08. The number of nitrogens with one attached hydrogen (secondary N) is 1. The molecule has 0 aliphatic heterocycles. The Morgan fingerprint density at radius 2 is 2.60 bits per heavy atom. The van der Waals surface area contributed by atoms with Crippen LogP contribution in [0, 0.1) is 0 Å². The number of amides is 1. The highest BCUT2D eigenvalue weighted by Crippen LogP contribution is 2.01. The summed E-state index contributed by atoms with van der Waals surface area (Å²) >= 11 is 1.59. The summed E-state index contributed by atoms with van der Waals surface area (Å²) < 4.78 is 0. The van der Waals surface area contributed by atoms with Crippen molar-refractivity contribution in [1.82, 2.24) is 5.43 Å². The normalized spacial score (nSPS) is 10.0. The van der Waals surface area contributed by atoms with Gasteiger partial charge in [0.15, 0.2) is 0 Å². The molecule has 0 radical (unpaired) electrons. The highest BCUT2D eigenvalue weighted by Gasteiger charge is 1.83. The molecule has 0 atom stereocenters. The maximum absolute atomic E-state index is 9.71. The first-order chi connectivity index (χ1) is 4.93. The van der Waals surface area contributed by atoms with Gasteiger partial charge in [0.25, 0.3) is 0 Å². The second-order valence-corrected chi connectivity index (χ2v) is 2.34. The van der Waals surface area contributed by atoms with Gasteiger partial charge in [0, 0.05) is 5.56 Å². The lowest BCUT2D eigenvalue weighted by atomic mass is 10.4. The number of carbonyl (C=O) groups is 1. The standard InChI is InChI=1S/C6H6N2OS/c9-5-8-7-3-6-1-2-10-4-6/h1-5H,(H,8,9)/b7-3-. The average Bonchev–Trinajstić information content (AvgIpc) is 2.41. The monoisotopic (exact) mass is 154 g/mol. The lowest BCUT2D eigenvalue weighted by Gasteiger charge is -1.81. The average molecular weight is 154 g/mol. The van der Waals surface area contributed by atoms with Crippen LogP contribution >= 0.6 is 11.3 Å². The summed E-state index contributed by atoms with van der Waals surface area (Å²) in [6, 6.07) is 1.92. The molecule has 0 unspecified atom stereocenters. The Morgan fingerprint density at radius 3 is 3.20 bits per heavy atom. The van der Waals surface area contributed by atoms with E-state index in [1.54, 1.807) is 17.6 Å². The van der Waals surface area contributed by atoms with Gasteiger partial charge in [0.1, 0.15) is 0 Å². The molecule has 0 saturated heterocycles. The second-order valence-electron chi connectivity index (χ2n) is 1.56. The van der Waals surface area contributed by atoms with Gasteiger partial charge in [-0.25, -0.2) is 5.43 Å². The molecule has 0 spiro atoms. The summed E-state index contributed by atoms with van der Waals surface area (Å²) in [6.07, 6.45) is 2.12. The van der Waals surface area contributed by atoms with Gasteiger partial charge in [0.05, 0.1) is 6.21 Å². The lowest BCUT2D eigenvalue weighted by Crippen LogP contribution is -1.99. The molecule has 0 aliphatic rings. The molecule has 1 heterocycles. The van der Waals surface area contributed by atoms with Gasteiger partial charge in [-0.05, 0) is 16.8 Å². The van der Waals surface area contributed by atoms with Crippen LogP contribution in [0.25, 0.3) is 0 Å². The molecule has 0 aliphatic carbocycles. The Bertz CT molecular complexity index is 218. The van der Waals surface area contributed by atoms with E-state index in [0.717, 1.165) is 5.56 Å². The lowest BCUT2D eigenvalue weighted by molar-refractivity contribution is -0.109. The molecular weight excluding hydrogens is 148 g/mol. The maximum Gasteiger partial charge on any atom is 0.227 e. The third-order valence-corrected chi connectivity index (χ3v) is 1.59. The summed E-state index contributed by atoms with van der Waals surface area (Å²) in [5, 5.41) is 7.48. The van der Waals surface area contributed by atoms with Crippen LogP contribution < -0.4 is 5.43 Å². The van der Waals surface area contributed by atoms with Gasteiger partial charge >= 0.3 is 0 Å². The van der Waals surface area contributed by atoms with Gasteiger partial charge in [0.2, 0.25) is 6.41 Å². The summed E-state index contributed by atoms with van der Waals surface area (Å²) in [4.78, 5) is 9.71. The molecule has 0 fully saturated rings. The van der Waals surface area contributed by atoms with Crippen LogP contribution in [0.1, 0.15) is 5.56 Å². The molecule has 1 rings (SSSR count). The van der Waals surface area contributed by atoms with Crippen molar-refractivity contribution in [3.8, 4) is 0 Å². The van der Waals surface area contributed by atoms with Gasteiger partial charge in [-0.3, -0.25) is 4.79 Å². The van der Waals surface area contributed by atoms with Crippen LogP contribution in [0.15, 0.2) is 21.9 Å². The number of hydrogen-bond donors (Lipinski definition) is 1.